The van der Waals surface area contributed by atoms with Gasteiger partial charge in [-0.2, -0.15) is 0 Å². The van der Waals surface area contributed by atoms with E-state index in [1.165, 1.54) is 31.1 Å². The summed E-state index contributed by atoms with van der Waals surface area (Å²) in [5.74, 6) is -1.60. The van der Waals surface area contributed by atoms with Gasteiger partial charge in [-0.1, -0.05) is 34.4 Å². The lowest BCUT2D eigenvalue weighted by molar-refractivity contribution is -0.155. The van der Waals surface area contributed by atoms with Gasteiger partial charge >= 0.3 is 23.9 Å². The Morgan fingerprint density at radius 2 is 1.24 bits per heavy atom. The molecule has 2 aliphatic heterocycles. The molecule has 2 unspecified atom stereocenters. The van der Waals surface area contributed by atoms with Crippen LogP contribution in [-0.4, -0.2) is 59.9 Å². The highest BCUT2D eigenvalue weighted by atomic mass is 16.6. The van der Waals surface area contributed by atoms with E-state index in [2.05, 4.69) is 39.8 Å². The predicted octanol–water partition coefficient (Wildman–Crippen LogP) is 7.11. The van der Waals surface area contributed by atoms with E-state index < -0.39 is 35.1 Å². The van der Waals surface area contributed by atoms with Gasteiger partial charge in [-0.15, -0.1) is 0 Å². The van der Waals surface area contributed by atoms with E-state index >= 15 is 0 Å². The molecule has 0 radical (unpaired) electrons. The standard InChI is InChI=1S/C20H28O5.C20H26O5/c2*1-13(2)6-5-7-14(3)10-18-20(12-19(23)25-18)11-16(24-15(4)21)8-9-17(20)22/h6,10,16,18H,5,7-9,11-12H2,1-4H3;6,8-10,16,18H,5,7,11-12H2,1-4H3/b2*14-10+/t2*16-,18-,20?/m11/s1. The monoisotopic (exact) mass is 694 g/mol. The number of cyclic esters (lactones) is 2. The SMILES string of the molecule is CC(=O)O[C@@H]1C=CC(=O)C2(CC(=O)O[C@@H]2/C=C(\C)CCC=C(C)C)C1.CC(=O)O[C@@H]1CCC(=O)C2(CC(=O)O[C@@H]2/C=C(\C)CCC=C(C)C)C1. The van der Waals surface area contributed by atoms with Gasteiger partial charge < -0.3 is 18.9 Å². The lowest BCUT2D eigenvalue weighted by atomic mass is 9.67. The summed E-state index contributed by atoms with van der Waals surface area (Å²) in [6.45, 7) is 14.9. The fourth-order valence-corrected chi connectivity index (χ4v) is 7.10. The van der Waals surface area contributed by atoms with Gasteiger partial charge in [0.15, 0.2) is 5.78 Å². The third-order valence-electron chi connectivity index (χ3n) is 9.59. The minimum atomic E-state index is -0.969. The third kappa shape index (κ3) is 11.0. The van der Waals surface area contributed by atoms with Gasteiger partial charge in [-0.25, -0.2) is 0 Å². The Morgan fingerprint density at radius 3 is 1.74 bits per heavy atom. The van der Waals surface area contributed by atoms with Crippen molar-refractivity contribution in [3.05, 3.63) is 58.7 Å². The summed E-state index contributed by atoms with van der Waals surface area (Å²) in [5, 5.41) is 0. The van der Waals surface area contributed by atoms with Gasteiger partial charge in [-0.05, 0) is 98.0 Å². The average molecular weight is 695 g/mol. The second-order valence-electron chi connectivity index (χ2n) is 14.6. The van der Waals surface area contributed by atoms with Crippen molar-refractivity contribution in [2.75, 3.05) is 0 Å². The van der Waals surface area contributed by atoms with Crippen molar-refractivity contribution in [1.82, 2.24) is 0 Å². The molecule has 10 heteroatoms. The van der Waals surface area contributed by atoms with Crippen molar-refractivity contribution in [2.24, 2.45) is 10.8 Å². The topological polar surface area (TPSA) is 139 Å². The lowest BCUT2D eigenvalue weighted by Crippen LogP contribution is -2.45. The highest BCUT2D eigenvalue weighted by Crippen LogP contribution is 2.47. The quantitative estimate of drug-likeness (QED) is 0.132. The van der Waals surface area contributed by atoms with Gasteiger partial charge in [0.1, 0.15) is 30.2 Å². The van der Waals surface area contributed by atoms with Crippen LogP contribution in [0.5, 0.6) is 0 Å². The number of hydrogen-bond acceptors (Lipinski definition) is 10. The maximum absolute atomic E-state index is 12.7. The Morgan fingerprint density at radius 1 is 0.740 bits per heavy atom. The summed E-state index contributed by atoms with van der Waals surface area (Å²) in [6.07, 6.45) is 14.2. The van der Waals surface area contributed by atoms with Crippen LogP contribution in [0, 0.1) is 10.8 Å². The minimum Gasteiger partial charge on any atom is -0.463 e. The van der Waals surface area contributed by atoms with E-state index in [1.807, 2.05) is 26.0 Å². The molecule has 3 fully saturated rings. The van der Waals surface area contributed by atoms with Gasteiger partial charge in [-0.3, -0.25) is 28.8 Å². The van der Waals surface area contributed by atoms with Crippen LogP contribution in [0.25, 0.3) is 0 Å². The second kappa shape index (κ2) is 17.7. The first-order valence-electron chi connectivity index (χ1n) is 17.6. The average Bonchev–Trinajstić information content (AvgIpc) is 3.46. The molecule has 2 saturated heterocycles. The first-order valence-corrected chi connectivity index (χ1v) is 17.6. The molecule has 0 aromatic rings. The van der Waals surface area contributed by atoms with Crippen LogP contribution in [0.4, 0.5) is 0 Å². The number of allylic oxidation sites excluding steroid dienone is 7. The molecule has 2 heterocycles. The van der Waals surface area contributed by atoms with Crippen molar-refractivity contribution in [3.63, 3.8) is 0 Å². The third-order valence-corrected chi connectivity index (χ3v) is 9.59. The normalized spacial score (nSPS) is 29.2. The molecule has 2 aliphatic carbocycles. The Kier molecular flexibility index (Phi) is 14.3. The van der Waals surface area contributed by atoms with Gasteiger partial charge in [0, 0.05) is 33.1 Å². The number of carbonyl (C=O) groups is 6. The highest BCUT2D eigenvalue weighted by Gasteiger charge is 2.57. The molecule has 0 N–H and O–H groups in total. The molecule has 0 bridgehead atoms. The molecule has 4 aliphatic rings. The maximum atomic E-state index is 12.7. The minimum absolute atomic E-state index is 0.0242. The van der Waals surface area contributed by atoms with Crippen molar-refractivity contribution >= 4 is 35.4 Å². The van der Waals surface area contributed by atoms with E-state index in [0.717, 1.165) is 36.8 Å². The Bertz CT molecular complexity index is 1480. The van der Waals surface area contributed by atoms with Crippen LogP contribution in [0.1, 0.15) is 120 Å². The molecule has 0 amide bonds. The molecule has 0 aromatic heterocycles. The van der Waals surface area contributed by atoms with Gasteiger partial charge in [0.25, 0.3) is 0 Å². The molecule has 1 saturated carbocycles. The van der Waals surface area contributed by atoms with E-state index in [4.69, 9.17) is 18.9 Å². The first kappa shape index (κ1) is 40.4. The van der Waals surface area contributed by atoms with E-state index in [-0.39, 0.29) is 54.8 Å². The summed E-state index contributed by atoms with van der Waals surface area (Å²) >= 11 is 0. The summed E-state index contributed by atoms with van der Waals surface area (Å²) in [4.78, 5) is 71.7. The van der Waals surface area contributed by atoms with E-state index in [9.17, 15) is 28.8 Å². The fraction of sp³-hybridized carbons (Fsp3) is 0.600. The zero-order valence-electron chi connectivity index (χ0n) is 30.9. The second-order valence-corrected chi connectivity index (χ2v) is 14.6. The number of ether oxygens (including phenoxy) is 4. The maximum Gasteiger partial charge on any atom is 0.307 e. The van der Waals surface area contributed by atoms with Crippen molar-refractivity contribution in [3.8, 4) is 0 Å². The number of Topliss-reactive ketones (excluding diaryl/α,β-unsaturated/α-hetero) is 1. The smallest absolute Gasteiger partial charge is 0.307 e. The molecule has 0 aromatic carbocycles. The van der Waals surface area contributed by atoms with Crippen LogP contribution < -0.4 is 0 Å². The largest absolute Gasteiger partial charge is 0.463 e. The highest BCUT2D eigenvalue weighted by molar-refractivity contribution is 6.00. The van der Waals surface area contributed by atoms with Crippen molar-refractivity contribution in [2.45, 2.75) is 144 Å². The Balaban J connectivity index is 0.000000270. The van der Waals surface area contributed by atoms with Crippen molar-refractivity contribution in [1.29, 1.82) is 0 Å². The summed E-state index contributed by atoms with van der Waals surface area (Å²) in [5.41, 5.74) is 2.84. The fourth-order valence-electron chi connectivity index (χ4n) is 7.10. The summed E-state index contributed by atoms with van der Waals surface area (Å²) < 4.78 is 21.5. The van der Waals surface area contributed by atoms with Crippen molar-refractivity contribution < 1.29 is 47.7 Å². The molecule has 50 heavy (non-hydrogen) atoms. The molecule has 6 atom stereocenters. The molecule has 10 nitrogen and oxygen atoms in total. The zero-order valence-corrected chi connectivity index (χ0v) is 30.9. The Labute approximate surface area is 296 Å². The summed E-state index contributed by atoms with van der Waals surface area (Å²) in [7, 11) is 0. The van der Waals surface area contributed by atoms with Crippen LogP contribution in [0.15, 0.2) is 58.7 Å². The van der Waals surface area contributed by atoms with Crippen LogP contribution >= 0.6 is 0 Å². The molecular weight excluding hydrogens is 640 g/mol. The van der Waals surface area contributed by atoms with Crippen LogP contribution in [0.3, 0.4) is 0 Å². The van der Waals surface area contributed by atoms with E-state index in [0.29, 0.717) is 19.3 Å². The summed E-state index contributed by atoms with van der Waals surface area (Å²) in [6, 6.07) is 0. The molecule has 4 rings (SSSR count). The number of ketones is 2. The predicted molar refractivity (Wildman–Crippen MR) is 187 cm³/mol. The molecular formula is C40H54O10. The van der Waals surface area contributed by atoms with Crippen LogP contribution in [0.2, 0.25) is 0 Å². The molecule has 2 spiro atoms. The lowest BCUT2D eigenvalue weighted by Gasteiger charge is -2.37. The zero-order chi connectivity index (χ0) is 37.2. The Hall–Kier alpha value is -4.08. The molecule has 274 valence electrons. The number of esters is 4. The first-order chi connectivity index (χ1) is 23.4. The number of carbonyl (C=O) groups excluding carboxylic acids is 6. The van der Waals surface area contributed by atoms with Gasteiger partial charge in [0.05, 0.1) is 23.7 Å². The van der Waals surface area contributed by atoms with E-state index in [1.54, 1.807) is 6.08 Å². The van der Waals surface area contributed by atoms with Gasteiger partial charge in [0.2, 0.25) is 0 Å². The number of rotatable bonds is 10. The van der Waals surface area contributed by atoms with Crippen LogP contribution in [-0.2, 0) is 47.7 Å². The number of hydrogen-bond donors (Lipinski definition) is 0.